The van der Waals surface area contributed by atoms with Crippen molar-refractivity contribution < 1.29 is 18.0 Å². The van der Waals surface area contributed by atoms with Crippen LogP contribution < -0.4 is 14.9 Å². The predicted molar refractivity (Wildman–Crippen MR) is 131 cm³/mol. The number of hydrogen-bond acceptors (Lipinski definition) is 4. The van der Waals surface area contributed by atoms with Crippen LogP contribution in [-0.2, 0) is 19.6 Å². The van der Waals surface area contributed by atoms with E-state index in [1.54, 1.807) is 48.5 Å². The van der Waals surface area contributed by atoms with Crippen molar-refractivity contribution in [1.82, 2.24) is 0 Å². The van der Waals surface area contributed by atoms with Gasteiger partial charge >= 0.3 is 0 Å². The maximum atomic E-state index is 13.5. The number of carbonyl (C=O) groups excluding carboxylic acids is 2. The summed E-state index contributed by atoms with van der Waals surface area (Å²) in [6, 6.07) is 18.4. The SMILES string of the molecule is CC(=O)Nc1ccc(NC(=O)CN(c2ccc(C)c(C)c2)S(=O)(=O)c2ccc(C)cc2)cc1. The molecule has 3 aromatic carbocycles. The van der Waals surface area contributed by atoms with E-state index >= 15 is 0 Å². The van der Waals surface area contributed by atoms with Crippen LogP contribution in [0.3, 0.4) is 0 Å². The number of hydrogen-bond donors (Lipinski definition) is 2. The van der Waals surface area contributed by atoms with E-state index in [-0.39, 0.29) is 10.8 Å². The second-order valence-corrected chi connectivity index (χ2v) is 9.76. The van der Waals surface area contributed by atoms with Crippen molar-refractivity contribution >= 4 is 38.9 Å². The van der Waals surface area contributed by atoms with Crippen molar-refractivity contribution in [2.24, 2.45) is 0 Å². The lowest BCUT2D eigenvalue weighted by molar-refractivity contribution is -0.115. The number of nitrogens with one attached hydrogen (secondary N) is 2. The zero-order valence-corrected chi connectivity index (χ0v) is 19.9. The molecule has 7 nitrogen and oxygen atoms in total. The Balaban J connectivity index is 1.89. The van der Waals surface area contributed by atoms with Crippen LogP contribution in [0, 0.1) is 20.8 Å². The molecule has 8 heteroatoms. The minimum Gasteiger partial charge on any atom is -0.326 e. The number of benzene rings is 3. The third-order valence-corrected chi connectivity index (χ3v) is 6.95. The van der Waals surface area contributed by atoms with E-state index in [2.05, 4.69) is 10.6 Å². The Bertz CT molecular complexity index is 1270. The maximum absolute atomic E-state index is 13.5. The molecule has 33 heavy (non-hydrogen) atoms. The first kappa shape index (κ1) is 24.0. The van der Waals surface area contributed by atoms with Gasteiger partial charge in [0.2, 0.25) is 11.8 Å². The van der Waals surface area contributed by atoms with E-state index in [1.807, 2.05) is 26.8 Å². The summed E-state index contributed by atoms with van der Waals surface area (Å²) >= 11 is 0. The lowest BCUT2D eigenvalue weighted by Crippen LogP contribution is -2.38. The molecular formula is C25H27N3O4S. The van der Waals surface area contributed by atoms with Gasteiger partial charge in [0.1, 0.15) is 6.54 Å². The molecule has 0 fully saturated rings. The van der Waals surface area contributed by atoms with Crippen molar-refractivity contribution in [1.29, 1.82) is 0 Å². The molecule has 2 amide bonds. The van der Waals surface area contributed by atoms with Crippen LogP contribution >= 0.6 is 0 Å². The highest BCUT2D eigenvalue weighted by molar-refractivity contribution is 7.92. The molecule has 0 spiro atoms. The minimum absolute atomic E-state index is 0.110. The molecule has 0 aromatic heterocycles. The quantitative estimate of drug-likeness (QED) is 0.540. The Kier molecular flexibility index (Phi) is 7.18. The number of rotatable bonds is 7. The summed E-state index contributed by atoms with van der Waals surface area (Å²) < 4.78 is 28.1. The molecule has 0 unspecified atom stereocenters. The third-order valence-electron chi connectivity index (χ3n) is 5.16. The molecule has 0 heterocycles. The largest absolute Gasteiger partial charge is 0.326 e. The molecule has 0 aliphatic carbocycles. The Labute approximate surface area is 194 Å². The van der Waals surface area contributed by atoms with E-state index in [0.29, 0.717) is 17.1 Å². The summed E-state index contributed by atoms with van der Waals surface area (Å²) in [5.41, 5.74) is 4.38. The summed E-state index contributed by atoms with van der Waals surface area (Å²) in [5.74, 6) is -0.687. The van der Waals surface area contributed by atoms with Gasteiger partial charge in [-0.25, -0.2) is 8.42 Å². The van der Waals surface area contributed by atoms with Crippen LogP contribution in [-0.4, -0.2) is 26.8 Å². The van der Waals surface area contributed by atoms with Gasteiger partial charge in [0.25, 0.3) is 10.0 Å². The number of amides is 2. The number of nitrogens with zero attached hydrogens (tertiary/aromatic N) is 1. The monoisotopic (exact) mass is 465 g/mol. The molecule has 3 rings (SSSR count). The van der Waals surface area contributed by atoms with Gasteiger partial charge in [-0.1, -0.05) is 23.8 Å². The first-order valence-electron chi connectivity index (χ1n) is 10.4. The Morgan fingerprint density at radius 1 is 0.788 bits per heavy atom. The fourth-order valence-corrected chi connectivity index (χ4v) is 4.62. The second-order valence-electron chi connectivity index (χ2n) is 7.90. The van der Waals surface area contributed by atoms with Gasteiger partial charge < -0.3 is 10.6 Å². The van der Waals surface area contributed by atoms with Gasteiger partial charge in [-0.15, -0.1) is 0 Å². The van der Waals surface area contributed by atoms with E-state index in [0.717, 1.165) is 21.0 Å². The molecule has 0 saturated carbocycles. The lowest BCUT2D eigenvalue weighted by atomic mass is 10.1. The van der Waals surface area contributed by atoms with Crippen molar-refractivity contribution in [2.75, 3.05) is 21.5 Å². The zero-order valence-electron chi connectivity index (χ0n) is 19.0. The summed E-state index contributed by atoms with van der Waals surface area (Å²) in [6.07, 6.45) is 0. The van der Waals surface area contributed by atoms with Crippen LogP contribution in [0.25, 0.3) is 0 Å². The average molecular weight is 466 g/mol. The molecule has 0 aliphatic heterocycles. The predicted octanol–water partition coefficient (Wildman–Crippen LogP) is 4.40. The average Bonchev–Trinajstić information content (AvgIpc) is 2.75. The first-order valence-corrected chi connectivity index (χ1v) is 11.8. The fourth-order valence-electron chi connectivity index (χ4n) is 3.20. The summed E-state index contributed by atoms with van der Waals surface area (Å²) in [7, 11) is -3.98. The lowest BCUT2D eigenvalue weighted by Gasteiger charge is -2.25. The standard InChI is InChI=1S/C25H27N3O4S/c1-17-5-13-24(14-6-17)33(31,32)28(23-12-7-18(2)19(3)15-23)16-25(30)27-22-10-8-21(9-11-22)26-20(4)29/h5-15H,16H2,1-4H3,(H,26,29)(H,27,30). The van der Waals surface area contributed by atoms with Crippen molar-refractivity contribution in [3.63, 3.8) is 0 Å². The van der Waals surface area contributed by atoms with Crippen molar-refractivity contribution in [3.05, 3.63) is 83.4 Å². The molecule has 172 valence electrons. The van der Waals surface area contributed by atoms with E-state index in [9.17, 15) is 18.0 Å². The highest BCUT2D eigenvalue weighted by Crippen LogP contribution is 2.26. The number of sulfonamides is 1. The molecule has 3 aromatic rings. The van der Waals surface area contributed by atoms with Crippen LogP contribution in [0.2, 0.25) is 0 Å². The van der Waals surface area contributed by atoms with Gasteiger partial charge in [-0.05, 0) is 80.4 Å². The second kappa shape index (κ2) is 9.87. The molecule has 0 aliphatic rings. The van der Waals surface area contributed by atoms with Gasteiger partial charge in [0.05, 0.1) is 10.6 Å². The topological polar surface area (TPSA) is 95.6 Å². The molecular weight excluding hydrogens is 438 g/mol. The Morgan fingerprint density at radius 2 is 1.36 bits per heavy atom. The van der Waals surface area contributed by atoms with Gasteiger partial charge in [-0.3, -0.25) is 13.9 Å². The van der Waals surface area contributed by atoms with E-state index in [1.165, 1.54) is 19.1 Å². The highest BCUT2D eigenvalue weighted by atomic mass is 32.2. The smallest absolute Gasteiger partial charge is 0.264 e. The summed E-state index contributed by atoms with van der Waals surface area (Å²) in [4.78, 5) is 24.1. The van der Waals surface area contributed by atoms with Crippen LogP contribution in [0.5, 0.6) is 0 Å². The zero-order chi connectivity index (χ0) is 24.2. The Hall–Kier alpha value is -3.65. The summed E-state index contributed by atoms with van der Waals surface area (Å²) in [6.45, 7) is 6.72. The van der Waals surface area contributed by atoms with Gasteiger partial charge in [0, 0.05) is 18.3 Å². The normalized spacial score (nSPS) is 11.0. The summed E-state index contributed by atoms with van der Waals surface area (Å²) in [5, 5.41) is 5.38. The first-order chi connectivity index (χ1) is 15.6. The van der Waals surface area contributed by atoms with Crippen LogP contribution in [0.15, 0.2) is 71.6 Å². The third kappa shape index (κ3) is 5.98. The van der Waals surface area contributed by atoms with Gasteiger partial charge in [-0.2, -0.15) is 0 Å². The van der Waals surface area contributed by atoms with Crippen LogP contribution in [0.4, 0.5) is 17.1 Å². The van der Waals surface area contributed by atoms with Crippen LogP contribution in [0.1, 0.15) is 23.6 Å². The molecule has 0 atom stereocenters. The molecule has 0 saturated heterocycles. The molecule has 0 radical (unpaired) electrons. The Morgan fingerprint density at radius 3 is 1.91 bits per heavy atom. The molecule has 2 N–H and O–H groups in total. The fraction of sp³-hybridized carbons (Fsp3) is 0.200. The number of anilines is 3. The highest BCUT2D eigenvalue weighted by Gasteiger charge is 2.27. The number of carbonyl (C=O) groups is 2. The molecule has 0 bridgehead atoms. The van der Waals surface area contributed by atoms with E-state index < -0.39 is 22.5 Å². The van der Waals surface area contributed by atoms with Crippen molar-refractivity contribution in [2.45, 2.75) is 32.6 Å². The number of aryl methyl sites for hydroxylation is 3. The van der Waals surface area contributed by atoms with Crippen molar-refractivity contribution in [3.8, 4) is 0 Å². The maximum Gasteiger partial charge on any atom is 0.264 e. The van der Waals surface area contributed by atoms with E-state index in [4.69, 9.17) is 0 Å². The minimum atomic E-state index is -3.98. The van der Waals surface area contributed by atoms with Gasteiger partial charge in [0.15, 0.2) is 0 Å².